The molecule has 0 bridgehead atoms. The largest absolute Gasteiger partial charge is 0.349 e. The van der Waals surface area contributed by atoms with E-state index in [1.54, 1.807) is 16.9 Å². The number of imidazole rings is 1. The van der Waals surface area contributed by atoms with Gasteiger partial charge in [0.1, 0.15) is 5.69 Å². The van der Waals surface area contributed by atoms with E-state index in [0.29, 0.717) is 23.5 Å². The Balaban J connectivity index is 1.23. The summed E-state index contributed by atoms with van der Waals surface area (Å²) in [7, 11) is 0. The summed E-state index contributed by atoms with van der Waals surface area (Å²) in [6, 6.07) is 0.806. The number of alkyl halides is 4. The van der Waals surface area contributed by atoms with Crippen molar-refractivity contribution >= 4 is 17.5 Å². The van der Waals surface area contributed by atoms with Crippen LogP contribution in [0.5, 0.6) is 0 Å². The van der Waals surface area contributed by atoms with Gasteiger partial charge in [-0.25, -0.2) is 31.7 Å². The minimum Gasteiger partial charge on any atom is -0.349 e. The molecule has 226 valence electrons. The van der Waals surface area contributed by atoms with Gasteiger partial charge in [0.25, 0.3) is 5.91 Å². The van der Waals surface area contributed by atoms with Crippen molar-refractivity contribution in [1.29, 1.82) is 0 Å². The smallest absolute Gasteiger partial charge is 0.276 e. The maximum Gasteiger partial charge on any atom is 0.276 e. The highest BCUT2D eigenvalue weighted by atomic mass is 19.3. The predicted molar refractivity (Wildman–Crippen MR) is 140 cm³/mol. The number of rotatable bonds is 10. The number of hydrogen-bond acceptors (Lipinski definition) is 7. The minimum absolute atomic E-state index is 0.0430. The lowest BCUT2D eigenvalue weighted by molar-refractivity contribution is -0.134. The van der Waals surface area contributed by atoms with E-state index in [9.17, 15) is 27.2 Å². The van der Waals surface area contributed by atoms with Crippen LogP contribution in [0.4, 0.5) is 17.6 Å². The maximum absolute atomic E-state index is 14.0. The van der Waals surface area contributed by atoms with E-state index in [2.05, 4.69) is 26.0 Å². The molecule has 0 aromatic carbocycles. The van der Waals surface area contributed by atoms with Gasteiger partial charge in [-0.3, -0.25) is 9.59 Å². The highest BCUT2D eigenvalue weighted by molar-refractivity contribution is 5.93. The fourth-order valence-corrected chi connectivity index (χ4v) is 6.21. The number of aryl methyl sites for hydroxylation is 1. The van der Waals surface area contributed by atoms with Gasteiger partial charge >= 0.3 is 0 Å². The van der Waals surface area contributed by atoms with Crippen molar-refractivity contribution in [3.05, 3.63) is 41.1 Å². The minimum atomic E-state index is -2.74. The molecule has 0 aliphatic heterocycles. The number of nitrogens with one attached hydrogen (secondary N) is 2. The van der Waals surface area contributed by atoms with Crippen LogP contribution in [0.3, 0.4) is 0 Å². The van der Waals surface area contributed by atoms with E-state index in [0.717, 1.165) is 18.4 Å². The number of fused-ring (bicyclic) bond motifs is 1. The number of nitrogens with zero attached hydrogens (tertiary/aromatic N) is 5. The van der Waals surface area contributed by atoms with Crippen LogP contribution in [-0.4, -0.2) is 48.6 Å². The van der Waals surface area contributed by atoms with Crippen molar-refractivity contribution in [2.24, 2.45) is 17.8 Å². The third kappa shape index (κ3) is 6.12. The highest BCUT2D eigenvalue weighted by Gasteiger charge is 2.46. The van der Waals surface area contributed by atoms with Crippen LogP contribution in [0.15, 0.2) is 23.1 Å². The quantitative estimate of drug-likeness (QED) is 0.319. The van der Waals surface area contributed by atoms with E-state index >= 15 is 0 Å². The van der Waals surface area contributed by atoms with Crippen molar-refractivity contribution < 1.29 is 31.8 Å². The molecule has 2 atom stereocenters. The van der Waals surface area contributed by atoms with Crippen molar-refractivity contribution in [1.82, 2.24) is 35.5 Å². The van der Waals surface area contributed by atoms with Crippen LogP contribution in [0, 0.1) is 17.8 Å². The molecular weight excluding hydrogens is 558 g/mol. The number of halogens is 4. The van der Waals surface area contributed by atoms with E-state index in [4.69, 9.17) is 9.61 Å². The highest BCUT2D eigenvalue weighted by Crippen LogP contribution is 2.45. The fourth-order valence-electron chi connectivity index (χ4n) is 6.21. The topological polar surface area (TPSA) is 127 Å². The van der Waals surface area contributed by atoms with Crippen molar-refractivity contribution in [3.8, 4) is 0 Å². The monoisotopic (exact) mass is 591 g/mol. The number of carbonyl (C=O) groups is 2. The summed E-state index contributed by atoms with van der Waals surface area (Å²) < 4.78 is 60.7. The standard InChI is InChI=1S/C28H33F4N7O3/c1-2-19-25(38-42-37-19)26(41)36-24(17-5-7-27(29,30)8-6-17)20-14-39-21(34-20)10-18(13-33-39)23(16-3-4-16)35-22(40)9-15-11-28(31,32)12-15/h10,13-17,23-24H,2-9,11-12H2,1H3,(H,35,40)(H,36,41)/t23-,24+/m1/s1. The predicted octanol–water partition coefficient (Wildman–Crippen LogP) is 4.97. The summed E-state index contributed by atoms with van der Waals surface area (Å²) in [6.45, 7) is 1.81. The summed E-state index contributed by atoms with van der Waals surface area (Å²) in [5.74, 6) is -6.59. The summed E-state index contributed by atoms with van der Waals surface area (Å²) >= 11 is 0. The molecule has 0 unspecified atom stereocenters. The normalized spacial score (nSPS) is 21.9. The van der Waals surface area contributed by atoms with Gasteiger partial charge in [-0.1, -0.05) is 12.1 Å². The van der Waals surface area contributed by atoms with Crippen LogP contribution >= 0.6 is 0 Å². The SMILES string of the molecule is CCc1nonc1C(=O)N[C@H](c1cn2ncc([C@H](NC(=O)CC3CC(F)(F)C3)C3CC3)cc2n1)C1CCC(F)(F)CC1. The Kier molecular flexibility index (Phi) is 7.42. The van der Waals surface area contributed by atoms with Crippen molar-refractivity contribution in [2.45, 2.75) is 95.1 Å². The molecule has 3 aromatic rings. The number of aromatic nitrogens is 5. The lowest BCUT2D eigenvalue weighted by Gasteiger charge is -2.34. The molecule has 0 radical (unpaired) electrons. The molecule has 3 fully saturated rings. The maximum atomic E-state index is 14.0. The van der Waals surface area contributed by atoms with E-state index in [-0.39, 0.29) is 80.3 Å². The molecule has 3 aliphatic rings. The van der Waals surface area contributed by atoms with E-state index in [1.807, 2.05) is 13.0 Å². The fraction of sp³-hybridized carbons (Fsp3) is 0.643. The molecule has 3 aliphatic carbocycles. The summed E-state index contributed by atoms with van der Waals surface area (Å²) in [4.78, 5) is 30.6. The molecular formula is C28H33F4N7O3. The first-order chi connectivity index (χ1) is 20.0. The Labute approximate surface area is 239 Å². The van der Waals surface area contributed by atoms with Crippen LogP contribution in [-0.2, 0) is 11.2 Å². The zero-order valence-corrected chi connectivity index (χ0v) is 23.2. The lowest BCUT2D eigenvalue weighted by atomic mass is 9.79. The number of amides is 2. The van der Waals surface area contributed by atoms with Crippen molar-refractivity contribution in [3.63, 3.8) is 0 Å². The van der Waals surface area contributed by atoms with Gasteiger partial charge in [-0.15, -0.1) is 0 Å². The Morgan fingerprint density at radius 2 is 1.74 bits per heavy atom. The average Bonchev–Trinajstić information content (AvgIpc) is 3.49. The summed E-state index contributed by atoms with van der Waals surface area (Å²) in [6.07, 6.45) is 4.95. The molecule has 0 saturated heterocycles. The van der Waals surface area contributed by atoms with Gasteiger partial charge in [-0.05, 0) is 66.6 Å². The number of carbonyl (C=O) groups excluding carboxylic acids is 2. The Morgan fingerprint density at radius 3 is 2.40 bits per heavy atom. The summed E-state index contributed by atoms with van der Waals surface area (Å²) in [5.41, 5.74) is 2.12. The second-order valence-corrected chi connectivity index (χ2v) is 12.0. The third-order valence-corrected chi connectivity index (χ3v) is 8.72. The first kappa shape index (κ1) is 28.5. The van der Waals surface area contributed by atoms with Crippen LogP contribution in [0.2, 0.25) is 0 Å². The molecule has 2 N–H and O–H groups in total. The molecule has 10 nitrogen and oxygen atoms in total. The molecule has 6 rings (SSSR count). The van der Waals surface area contributed by atoms with Crippen molar-refractivity contribution in [2.75, 3.05) is 0 Å². The molecule has 2 amide bonds. The first-order valence-corrected chi connectivity index (χ1v) is 14.5. The Morgan fingerprint density at radius 1 is 1.02 bits per heavy atom. The number of hydrogen-bond donors (Lipinski definition) is 2. The van der Waals surface area contributed by atoms with Gasteiger partial charge in [0.15, 0.2) is 11.3 Å². The summed E-state index contributed by atoms with van der Waals surface area (Å²) in [5, 5.41) is 17.9. The first-order valence-electron chi connectivity index (χ1n) is 14.5. The Hall–Kier alpha value is -3.58. The van der Waals surface area contributed by atoms with Gasteiger partial charge in [0.05, 0.1) is 30.2 Å². The van der Waals surface area contributed by atoms with Gasteiger partial charge < -0.3 is 10.6 Å². The molecule has 14 heteroatoms. The van der Waals surface area contributed by atoms with E-state index in [1.165, 1.54) is 0 Å². The van der Waals surface area contributed by atoms with Gasteiger partial charge in [-0.2, -0.15) is 5.10 Å². The second kappa shape index (κ2) is 10.9. The zero-order chi connectivity index (χ0) is 29.6. The van der Waals surface area contributed by atoms with Gasteiger partial charge in [0, 0.05) is 32.1 Å². The Bertz CT molecular complexity index is 1450. The average molecular weight is 592 g/mol. The lowest BCUT2D eigenvalue weighted by Crippen LogP contribution is -2.39. The zero-order valence-electron chi connectivity index (χ0n) is 23.2. The second-order valence-electron chi connectivity index (χ2n) is 12.0. The molecule has 3 aromatic heterocycles. The molecule has 3 heterocycles. The molecule has 42 heavy (non-hydrogen) atoms. The van der Waals surface area contributed by atoms with Crippen LogP contribution in [0.1, 0.15) is 104 Å². The third-order valence-electron chi connectivity index (χ3n) is 8.72. The molecule has 3 saturated carbocycles. The van der Waals surface area contributed by atoms with Crippen LogP contribution in [0.25, 0.3) is 5.65 Å². The van der Waals surface area contributed by atoms with E-state index < -0.39 is 23.8 Å². The molecule has 0 spiro atoms. The van der Waals surface area contributed by atoms with Gasteiger partial charge in [0.2, 0.25) is 17.8 Å². The van der Waals surface area contributed by atoms with Crippen LogP contribution < -0.4 is 10.6 Å².